The third-order valence-corrected chi connectivity index (χ3v) is 3.72. The van der Waals surface area contributed by atoms with E-state index in [1.165, 1.54) is 37.7 Å². The van der Waals surface area contributed by atoms with Crippen LogP contribution in [0.5, 0.6) is 0 Å². The maximum Gasteiger partial charge on any atom is 0.134 e. The molecule has 1 aliphatic rings. The van der Waals surface area contributed by atoms with E-state index in [1.807, 2.05) is 0 Å². The molecule has 1 N–H and O–H groups in total. The summed E-state index contributed by atoms with van der Waals surface area (Å²) < 4.78 is 0. The van der Waals surface area contributed by atoms with Crippen molar-refractivity contribution in [1.29, 1.82) is 0 Å². The SMILES string of the molecule is CCNc1nc(C2CCCCC2)nc(C)c1C. The summed E-state index contributed by atoms with van der Waals surface area (Å²) in [6, 6.07) is 0. The highest BCUT2D eigenvalue weighted by Gasteiger charge is 2.19. The molecule has 1 aromatic rings. The van der Waals surface area contributed by atoms with Gasteiger partial charge in [0.05, 0.1) is 0 Å². The van der Waals surface area contributed by atoms with Crippen molar-refractivity contribution >= 4 is 5.82 Å². The maximum absolute atomic E-state index is 4.72. The second-order valence-corrected chi connectivity index (χ2v) is 5.01. The summed E-state index contributed by atoms with van der Waals surface area (Å²) in [6.45, 7) is 7.21. The zero-order valence-electron chi connectivity index (χ0n) is 11.2. The molecule has 1 saturated carbocycles. The van der Waals surface area contributed by atoms with E-state index < -0.39 is 0 Å². The molecular formula is C14H23N3. The lowest BCUT2D eigenvalue weighted by atomic mass is 9.88. The van der Waals surface area contributed by atoms with E-state index in [4.69, 9.17) is 4.98 Å². The standard InChI is InChI=1S/C14H23N3/c1-4-15-13-10(2)11(3)16-14(17-13)12-8-6-5-7-9-12/h12H,4-9H2,1-3H3,(H,15,16,17). The van der Waals surface area contributed by atoms with E-state index in [0.29, 0.717) is 5.92 Å². The van der Waals surface area contributed by atoms with Gasteiger partial charge in [-0.1, -0.05) is 19.3 Å². The van der Waals surface area contributed by atoms with Crippen molar-refractivity contribution in [2.75, 3.05) is 11.9 Å². The minimum atomic E-state index is 0.584. The van der Waals surface area contributed by atoms with E-state index in [1.54, 1.807) is 0 Å². The molecule has 3 heteroatoms. The molecule has 1 aromatic heterocycles. The average molecular weight is 233 g/mol. The highest BCUT2D eigenvalue weighted by molar-refractivity contribution is 5.45. The maximum atomic E-state index is 4.72. The summed E-state index contributed by atoms with van der Waals surface area (Å²) in [5, 5.41) is 3.35. The Labute approximate surface area is 104 Å². The van der Waals surface area contributed by atoms with Gasteiger partial charge >= 0.3 is 0 Å². The predicted octanol–water partition coefficient (Wildman–Crippen LogP) is 3.57. The van der Waals surface area contributed by atoms with Crippen molar-refractivity contribution in [1.82, 2.24) is 9.97 Å². The van der Waals surface area contributed by atoms with Gasteiger partial charge in [0.2, 0.25) is 0 Å². The van der Waals surface area contributed by atoms with E-state index in [-0.39, 0.29) is 0 Å². The van der Waals surface area contributed by atoms with Crippen LogP contribution in [0.2, 0.25) is 0 Å². The number of hydrogen-bond donors (Lipinski definition) is 1. The normalized spacial score (nSPS) is 17.1. The van der Waals surface area contributed by atoms with Gasteiger partial charge in [-0.15, -0.1) is 0 Å². The predicted molar refractivity (Wildman–Crippen MR) is 71.5 cm³/mol. The van der Waals surface area contributed by atoms with Crippen LogP contribution in [0.3, 0.4) is 0 Å². The fourth-order valence-corrected chi connectivity index (χ4v) is 2.53. The molecule has 2 rings (SSSR count). The largest absolute Gasteiger partial charge is 0.370 e. The van der Waals surface area contributed by atoms with Gasteiger partial charge < -0.3 is 5.32 Å². The van der Waals surface area contributed by atoms with Crippen molar-refractivity contribution < 1.29 is 0 Å². The number of anilines is 1. The van der Waals surface area contributed by atoms with Gasteiger partial charge in [-0.25, -0.2) is 9.97 Å². The highest BCUT2D eigenvalue weighted by atomic mass is 15.0. The Balaban J connectivity index is 2.27. The minimum Gasteiger partial charge on any atom is -0.370 e. The van der Waals surface area contributed by atoms with Crippen molar-refractivity contribution in [3.05, 3.63) is 17.1 Å². The Morgan fingerprint density at radius 1 is 1.12 bits per heavy atom. The van der Waals surface area contributed by atoms with Crippen LogP contribution in [0.1, 0.15) is 62.0 Å². The number of nitrogens with one attached hydrogen (secondary N) is 1. The Kier molecular flexibility index (Phi) is 3.97. The molecular weight excluding hydrogens is 210 g/mol. The first-order valence-electron chi connectivity index (χ1n) is 6.81. The molecule has 0 bridgehead atoms. The van der Waals surface area contributed by atoms with Gasteiger partial charge in [0.15, 0.2) is 0 Å². The van der Waals surface area contributed by atoms with Crippen LogP contribution < -0.4 is 5.32 Å². The lowest BCUT2D eigenvalue weighted by Crippen LogP contribution is -2.13. The van der Waals surface area contributed by atoms with E-state index >= 15 is 0 Å². The number of aromatic nitrogens is 2. The monoisotopic (exact) mass is 233 g/mol. The van der Waals surface area contributed by atoms with Gasteiger partial charge in [0, 0.05) is 23.7 Å². The van der Waals surface area contributed by atoms with Crippen LogP contribution in [0.4, 0.5) is 5.82 Å². The second-order valence-electron chi connectivity index (χ2n) is 5.01. The first kappa shape index (κ1) is 12.3. The summed E-state index contributed by atoms with van der Waals surface area (Å²) in [4.78, 5) is 9.41. The molecule has 1 heterocycles. The van der Waals surface area contributed by atoms with Crippen LogP contribution in [0.15, 0.2) is 0 Å². The number of nitrogens with zero attached hydrogens (tertiary/aromatic N) is 2. The molecule has 1 fully saturated rings. The van der Waals surface area contributed by atoms with Crippen molar-refractivity contribution in [2.24, 2.45) is 0 Å². The van der Waals surface area contributed by atoms with Crippen LogP contribution in [0.25, 0.3) is 0 Å². The summed E-state index contributed by atoms with van der Waals surface area (Å²) in [5.41, 5.74) is 2.31. The molecule has 0 atom stereocenters. The number of aryl methyl sites for hydroxylation is 1. The second kappa shape index (κ2) is 5.48. The molecule has 0 spiro atoms. The molecule has 3 nitrogen and oxygen atoms in total. The number of hydrogen-bond acceptors (Lipinski definition) is 3. The number of rotatable bonds is 3. The van der Waals surface area contributed by atoms with Gasteiger partial charge in [-0.2, -0.15) is 0 Å². The minimum absolute atomic E-state index is 0.584. The Morgan fingerprint density at radius 3 is 2.47 bits per heavy atom. The summed E-state index contributed by atoms with van der Waals surface area (Å²) in [7, 11) is 0. The van der Waals surface area contributed by atoms with Gasteiger partial charge in [-0.3, -0.25) is 0 Å². The quantitative estimate of drug-likeness (QED) is 0.867. The first-order valence-corrected chi connectivity index (χ1v) is 6.81. The summed E-state index contributed by atoms with van der Waals surface area (Å²) in [5.74, 6) is 2.67. The van der Waals surface area contributed by atoms with Crippen LogP contribution in [-0.2, 0) is 0 Å². The van der Waals surface area contributed by atoms with E-state index in [2.05, 4.69) is 31.1 Å². The van der Waals surface area contributed by atoms with E-state index in [9.17, 15) is 0 Å². The van der Waals surface area contributed by atoms with Gasteiger partial charge in [0.1, 0.15) is 11.6 Å². The third kappa shape index (κ3) is 2.76. The molecule has 0 amide bonds. The molecule has 0 radical (unpaired) electrons. The lowest BCUT2D eigenvalue weighted by Gasteiger charge is -2.21. The topological polar surface area (TPSA) is 37.8 Å². The van der Waals surface area contributed by atoms with Crippen LogP contribution in [0, 0.1) is 13.8 Å². The third-order valence-electron chi connectivity index (χ3n) is 3.72. The van der Waals surface area contributed by atoms with Gasteiger partial charge in [0.25, 0.3) is 0 Å². The Hall–Kier alpha value is -1.12. The summed E-state index contributed by atoms with van der Waals surface area (Å²) in [6.07, 6.45) is 6.55. The molecule has 17 heavy (non-hydrogen) atoms. The van der Waals surface area contributed by atoms with Gasteiger partial charge in [-0.05, 0) is 33.6 Å². The molecule has 94 valence electrons. The van der Waals surface area contributed by atoms with Crippen molar-refractivity contribution in [3.63, 3.8) is 0 Å². The van der Waals surface area contributed by atoms with Crippen LogP contribution in [-0.4, -0.2) is 16.5 Å². The highest BCUT2D eigenvalue weighted by Crippen LogP contribution is 2.31. The first-order chi connectivity index (χ1) is 8.22. The van der Waals surface area contributed by atoms with Crippen molar-refractivity contribution in [3.8, 4) is 0 Å². The fourth-order valence-electron chi connectivity index (χ4n) is 2.53. The smallest absolute Gasteiger partial charge is 0.134 e. The molecule has 0 aromatic carbocycles. The zero-order chi connectivity index (χ0) is 12.3. The zero-order valence-corrected chi connectivity index (χ0v) is 11.2. The molecule has 0 aliphatic heterocycles. The van der Waals surface area contributed by atoms with Crippen LogP contribution >= 0.6 is 0 Å². The lowest BCUT2D eigenvalue weighted by molar-refractivity contribution is 0.428. The van der Waals surface area contributed by atoms with Crippen molar-refractivity contribution in [2.45, 2.75) is 58.8 Å². The molecule has 0 unspecified atom stereocenters. The fraction of sp³-hybridized carbons (Fsp3) is 0.714. The molecule has 0 saturated heterocycles. The Morgan fingerprint density at radius 2 is 1.82 bits per heavy atom. The van der Waals surface area contributed by atoms with E-state index in [0.717, 1.165) is 23.9 Å². The average Bonchev–Trinajstić information content (AvgIpc) is 2.36. The Bertz CT molecular complexity index is 381. The molecule has 1 aliphatic carbocycles. The summed E-state index contributed by atoms with van der Waals surface area (Å²) >= 11 is 0.